The van der Waals surface area contributed by atoms with Crippen molar-refractivity contribution in [3.05, 3.63) is 0 Å². The van der Waals surface area contributed by atoms with Gasteiger partial charge in [0, 0.05) is 25.7 Å². The molecule has 0 aromatic heterocycles. The average molecular weight is 1380 g/mol. The van der Waals surface area contributed by atoms with E-state index in [1.54, 1.807) is 0 Å². The number of carbonyl (C=O) groups is 4. The highest BCUT2D eigenvalue weighted by Gasteiger charge is 2.30. The third-order valence-electron chi connectivity index (χ3n) is 17.5. The molecule has 0 amide bonds. The molecule has 0 aliphatic heterocycles. The van der Waals surface area contributed by atoms with Crippen molar-refractivity contribution in [1.82, 2.24) is 0 Å². The minimum atomic E-state index is -4.96. The SMILES string of the molecule is CCCCCCCCCCCCCCCCCC(=O)OC[C@H](COP(=O)(O)OC[C@@H](O)COP(=O)(O)OC[C@@H](COC(=O)CCCCCCCCCCC)OC(=O)CCCCCCCCCCCCCCCC)OC(=O)CCCCCCCCCCCCCCCC(C)C. The van der Waals surface area contributed by atoms with Crippen molar-refractivity contribution in [2.24, 2.45) is 5.92 Å². The minimum absolute atomic E-state index is 0.108. The fourth-order valence-corrected chi connectivity index (χ4v) is 13.1. The summed E-state index contributed by atoms with van der Waals surface area (Å²) in [5.41, 5.74) is 0. The Morgan fingerprint density at radius 3 is 0.723 bits per heavy atom. The Bertz CT molecular complexity index is 1810. The molecule has 0 radical (unpaired) electrons. The molecule has 0 aliphatic rings. The van der Waals surface area contributed by atoms with Gasteiger partial charge < -0.3 is 33.8 Å². The van der Waals surface area contributed by atoms with Crippen LogP contribution in [-0.2, 0) is 65.4 Å². The lowest BCUT2D eigenvalue weighted by molar-refractivity contribution is -0.161. The van der Waals surface area contributed by atoms with Gasteiger partial charge in [-0.3, -0.25) is 37.3 Å². The number of unbranched alkanes of at least 4 members (excludes halogenated alkanes) is 47. The first kappa shape index (κ1) is 92.1. The van der Waals surface area contributed by atoms with Gasteiger partial charge in [0.25, 0.3) is 0 Å². The van der Waals surface area contributed by atoms with Crippen molar-refractivity contribution in [2.75, 3.05) is 39.6 Å². The third kappa shape index (κ3) is 68.6. The highest BCUT2D eigenvalue weighted by atomic mass is 31.2. The molecule has 0 spiro atoms. The number of phosphoric acid groups is 2. The van der Waals surface area contributed by atoms with Crippen molar-refractivity contribution < 1.29 is 80.2 Å². The van der Waals surface area contributed by atoms with Crippen LogP contribution in [0.2, 0.25) is 0 Å². The van der Waals surface area contributed by atoms with Crippen molar-refractivity contribution in [2.45, 2.75) is 412 Å². The summed E-state index contributed by atoms with van der Waals surface area (Å²) in [6.07, 6.45) is 56.7. The molecular weight excluding hydrogens is 1230 g/mol. The normalized spacial score (nSPS) is 14.0. The van der Waals surface area contributed by atoms with Crippen LogP contribution in [0.1, 0.15) is 394 Å². The molecule has 558 valence electrons. The van der Waals surface area contributed by atoms with E-state index in [9.17, 15) is 43.2 Å². The van der Waals surface area contributed by atoms with E-state index in [4.69, 9.17) is 37.0 Å². The second kappa shape index (κ2) is 68.2. The van der Waals surface area contributed by atoms with Crippen LogP contribution in [0.25, 0.3) is 0 Å². The van der Waals surface area contributed by atoms with Crippen molar-refractivity contribution in [3.63, 3.8) is 0 Å². The molecule has 5 atom stereocenters. The van der Waals surface area contributed by atoms with Crippen molar-refractivity contribution in [3.8, 4) is 0 Å². The summed E-state index contributed by atoms with van der Waals surface area (Å²) >= 11 is 0. The van der Waals surface area contributed by atoms with Crippen molar-refractivity contribution in [1.29, 1.82) is 0 Å². The molecule has 0 bridgehead atoms. The molecule has 0 aliphatic carbocycles. The zero-order valence-electron chi connectivity index (χ0n) is 61.1. The van der Waals surface area contributed by atoms with E-state index in [2.05, 4.69) is 34.6 Å². The number of aliphatic hydroxyl groups excluding tert-OH is 1. The summed E-state index contributed by atoms with van der Waals surface area (Å²) in [6.45, 7) is 7.30. The van der Waals surface area contributed by atoms with Gasteiger partial charge in [-0.2, -0.15) is 0 Å². The maximum Gasteiger partial charge on any atom is 0.472 e. The number of rotatable bonds is 75. The highest BCUT2D eigenvalue weighted by molar-refractivity contribution is 7.47. The zero-order valence-corrected chi connectivity index (χ0v) is 62.9. The zero-order chi connectivity index (χ0) is 69.1. The van der Waals surface area contributed by atoms with Gasteiger partial charge in [-0.1, -0.05) is 343 Å². The maximum absolute atomic E-state index is 13.1. The van der Waals surface area contributed by atoms with Gasteiger partial charge in [0.1, 0.15) is 19.3 Å². The number of hydrogen-bond acceptors (Lipinski definition) is 15. The number of carbonyl (C=O) groups excluding carboxylic acids is 4. The van der Waals surface area contributed by atoms with Gasteiger partial charge in [-0.25, -0.2) is 9.13 Å². The molecule has 0 saturated heterocycles. The van der Waals surface area contributed by atoms with E-state index in [1.807, 2.05) is 0 Å². The number of hydrogen-bond donors (Lipinski definition) is 3. The summed E-state index contributed by atoms with van der Waals surface area (Å²) < 4.78 is 68.5. The van der Waals surface area contributed by atoms with E-state index >= 15 is 0 Å². The lowest BCUT2D eigenvalue weighted by Crippen LogP contribution is -2.30. The van der Waals surface area contributed by atoms with Crippen LogP contribution < -0.4 is 0 Å². The van der Waals surface area contributed by atoms with Gasteiger partial charge in [0.05, 0.1) is 26.4 Å². The van der Waals surface area contributed by atoms with Gasteiger partial charge in [0.2, 0.25) is 0 Å². The van der Waals surface area contributed by atoms with Crippen molar-refractivity contribution >= 4 is 39.5 Å². The Labute approximate surface area is 575 Å². The molecule has 0 aromatic rings. The first-order valence-electron chi connectivity index (χ1n) is 39.1. The van der Waals surface area contributed by atoms with Gasteiger partial charge in [-0.15, -0.1) is 0 Å². The Morgan fingerprint density at radius 2 is 0.489 bits per heavy atom. The Balaban J connectivity index is 5.23. The number of aliphatic hydroxyl groups is 1. The molecule has 0 saturated carbocycles. The monoisotopic (exact) mass is 1380 g/mol. The third-order valence-corrected chi connectivity index (χ3v) is 19.4. The second-order valence-electron chi connectivity index (χ2n) is 27.5. The average Bonchev–Trinajstić information content (AvgIpc) is 1.84. The summed E-state index contributed by atoms with van der Waals surface area (Å²) in [4.78, 5) is 72.7. The van der Waals surface area contributed by atoms with E-state index in [0.29, 0.717) is 25.7 Å². The van der Waals surface area contributed by atoms with Gasteiger partial charge in [0.15, 0.2) is 12.2 Å². The molecule has 0 rings (SSSR count). The van der Waals surface area contributed by atoms with Gasteiger partial charge in [-0.05, 0) is 31.6 Å². The Kier molecular flexibility index (Phi) is 66.8. The predicted octanol–water partition coefficient (Wildman–Crippen LogP) is 22.1. The minimum Gasteiger partial charge on any atom is -0.462 e. The number of esters is 4. The molecular formula is C75H146O17P2. The topological polar surface area (TPSA) is 237 Å². The van der Waals surface area contributed by atoms with Crippen LogP contribution in [0.3, 0.4) is 0 Å². The summed E-state index contributed by atoms with van der Waals surface area (Å²) in [5, 5.41) is 10.6. The molecule has 0 heterocycles. The molecule has 19 heteroatoms. The van der Waals surface area contributed by atoms with Crippen LogP contribution in [0.15, 0.2) is 0 Å². The first-order valence-corrected chi connectivity index (χ1v) is 42.1. The maximum atomic E-state index is 13.1. The second-order valence-corrected chi connectivity index (χ2v) is 30.4. The summed E-state index contributed by atoms with van der Waals surface area (Å²) in [5.74, 6) is -1.33. The highest BCUT2D eigenvalue weighted by Crippen LogP contribution is 2.45. The van der Waals surface area contributed by atoms with Crippen LogP contribution in [-0.4, -0.2) is 96.7 Å². The summed E-state index contributed by atoms with van der Waals surface area (Å²) in [6, 6.07) is 0. The van der Waals surface area contributed by atoms with Crippen LogP contribution in [0.4, 0.5) is 0 Å². The Morgan fingerprint density at radius 1 is 0.287 bits per heavy atom. The van der Waals surface area contributed by atoms with E-state index < -0.39 is 97.5 Å². The molecule has 0 fully saturated rings. The summed E-state index contributed by atoms with van der Waals surface area (Å²) in [7, 11) is -9.91. The Hall–Kier alpha value is -1.94. The smallest absolute Gasteiger partial charge is 0.462 e. The van der Waals surface area contributed by atoms with Crippen LogP contribution >= 0.6 is 15.6 Å². The molecule has 94 heavy (non-hydrogen) atoms. The molecule has 0 aromatic carbocycles. The fourth-order valence-electron chi connectivity index (χ4n) is 11.5. The molecule has 17 nitrogen and oxygen atoms in total. The quantitative estimate of drug-likeness (QED) is 0.0222. The fraction of sp³-hybridized carbons (Fsp3) is 0.947. The molecule has 3 N–H and O–H groups in total. The van der Waals surface area contributed by atoms with E-state index in [0.717, 1.165) is 95.8 Å². The van der Waals surface area contributed by atoms with E-state index in [-0.39, 0.29) is 25.7 Å². The number of ether oxygens (including phenoxy) is 4. The standard InChI is InChI=1S/C75H146O17P2/c1-6-9-12-15-18-21-23-25-27-31-34-39-44-49-54-59-73(78)86-65-71(92-75(80)61-56-51-46-41-36-32-28-29-33-38-42-47-52-57-68(4)5)67-90-94(83,84)88-63-69(76)62-87-93(81,82)89-66-70(64-85-72(77)58-53-48-43-37-20-17-14-11-8-3)91-74(79)60-55-50-45-40-35-30-26-24-22-19-16-13-10-7-2/h68-71,76H,6-67H2,1-5H3,(H,81,82)(H,83,84)/t69-,70+,71+/m0/s1. The molecule has 2 unspecified atom stereocenters. The largest absolute Gasteiger partial charge is 0.472 e. The van der Waals surface area contributed by atoms with Gasteiger partial charge >= 0.3 is 39.5 Å². The van der Waals surface area contributed by atoms with E-state index in [1.165, 1.54) is 218 Å². The van der Waals surface area contributed by atoms with Crippen LogP contribution in [0, 0.1) is 5.92 Å². The first-order chi connectivity index (χ1) is 45.5. The predicted molar refractivity (Wildman–Crippen MR) is 382 cm³/mol. The lowest BCUT2D eigenvalue weighted by atomic mass is 10.0. The number of phosphoric ester groups is 2. The lowest BCUT2D eigenvalue weighted by Gasteiger charge is -2.21. The van der Waals surface area contributed by atoms with Crippen LogP contribution in [0.5, 0.6) is 0 Å².